The third-order valence-corrected chi connectivity index (χ3v) is 6.77. The second kappa shape index (κ2) is 13.8. The molecule has 0 saturated carbocycles. The maximum absolute atomic E-state index is 14.4. The summed E-state index contributed by atoms with van der Waals surface area (Å²) in [6.45, 7) is 9.71. The Morgan fingerprint density at radius 2 is 1.62 bits per heavy atom. The van der Waals surface area contributed by atoms with Gasteiger partial charge in [0.05, 0.1) is 24.9 Å². The van der Waals surface area contributed by atoms with Gasteiger partial charge in [0.2, 0.25) is 5.89 Å². The Labute approximate surface area is 273 Å². The lowest BCUT2D eigenvalue weighted by Crippen LogP contribution is -2.38. The topological polar surface area (TPSA) is 112 Å². The van der Waals surface area contributed by atoms with E-state index in [2.05, 4.69) is 15.6 Å². The lowest BCUT2D eigenvalue weighted by atomic mass is 10.0. The summed E-state index contributed by atoms with van der Waals surface area (Å²) in [5, 5.41) is 5.53. The highest BCUT2D eigenvalue weighted by Crippen LogP contribution is 2.39. The molecular weight excluding hydrogens is 641 g/mol. The van der Waals surface area contributed by atoms with Gasteiger partial charge in [0.1, 0.15) is 29.0 Å². The third kappa shape index (κ3) is 9.00. The van der Waals surface area contributed by atoms with Crippen molar-refractivity contribution in [1.82, 2.24) is 15.6 Å². The van der Waals surface area contributed by atoms with E-state index in [0.29, 0.717) is 6.07 Å². The van der Waals surface area contributed by atoms with Crippen LogP contribution in [0, 0.1) is 11.6 Å². The van der Waals surface area contributed by atoms with Crippen molar-refractivity contribution in [2.75, 3.05) is 13.7 Å². The van der Waals surface area contributed by atoms with Crippen molar-refractivity contribution >= 4 is 22.8 Å². The molecule has 0 saturated heterocycles. The van der Waals surface area contributed by atoms with Crippen molar-refractivity contribution in [3.05, 3.63) is 82.7 Å². The molecule has 14 heteroatoms. The molecule has 1 aromatic heterocycles. The number of hydrogen-bond acceptors (Lipinski definition) is 7. The van der Waals surface area contributed by atoms with Gasteiger partial charge in [0.25, 0.3) is 5.91 Å². The Balaban J connectivity index is 1.86. The van der Waals surface area contributed by atoms with Gasteiger partial charge in [-0.25, -0.2) is 18.6 Å². The average molecular weight is 678 g/mol. The van der Waals surface area contributed by atoms with E-state index in [9.17, 15) is 31.5 Å². The Morgan fingerprint density at radius 1 is 0.917 bits per heavy atom. The predicted molar refractivity (Wildman–Crippen MR) is 166 cm³/mol. The summed E-state index contributed by atoms with van der Waals surface area (Å²) in [5.74, 6) is -2.74. The van der Waals surface area contributed by atoms with Crippen LogP contribution in [-0.2, 0) is 22.2 Å². The van der Waals surface area contributed by atoms with E-state index >= 15 is 0 Å². The number of ether oxygens (including phenoxy) is 3. The van der Waals surface area contributed by atoms with Crippen molar-refractivity contribution in [3.63, 3.8) is 0 Å². The highest BCUT2D eigenvalue weighted by molar-refractivity contribution is 6.00. The molecule has 0 unspecified atom stereocenters. The molecular formula is C34H36F5N3O6. The van der Waals surface area contributed by atoms with E-state index < -0.39 is 52.6 Å². The summed E-state index contributed by atoms with van der Waals surface area (Å²) < 4.78 is 91.4. The summed E-state index contributed by atoms with van der Waals surface area (Å²) in [4.78, 5) is 31.0. The van der Waals surface area contributed by atoms with Crippen LogP contribution in [0.15, 0.2) is 52.9 Å². The first-order valence-electron chi connectivity index (χ1n) is 14.8. The number of halogens is 5. The largest absolute Gasteiger partial charge is 0.496 e. The van der Waals surface area contributed by atoms with Crippen molar-refractivity contribution < 1.29 is 50.2 Å². The first-order valence-corrected chi connectivity index (χ1v) is 14.8. The number of nitrogens with zero attached hydrogens (tertiary/aromatic N) is 1. The van der Waals surface area contributed by atoms with Crippen molar-refractivity contribution in [1.29, 1.82) is 0 Å². The number of fused-ring (bicyclic) bond motifs is 1. The molecule has 0 fully saturated rings. The molecule has 0 aliphatic rings. The first kappa shape index (κ1) is 36.1. The first-order chi connectivity index (χ1) is 22.3. The van der Waals surface area contributed by atoms with Crippen LogP contribution >= 0.6 is 0 Å². The number of aromatic nitrogens is 1. The van der Waals surface area contributed by atoms with Crippen LogP contribution in [-0.4, -0.2) is 41.9 Å². The fraction of sp³-hybridized carbons (Fsp3) is 0.382. The molecule has 0 spiro atoms. The number of hydrogen-bond donors (Lipinski definition) is 2. The number of benzene rings is 3. The minimum absolute atomic E-state index is 0.0175. The average Bonchev–Trinajstić information content (AvgIpc) is 3.41. The summed E-state index contributed by atoms with van der Waals surface area (Å²) in [7, 11) is 1.31. The zero-order valence-corrected chi connectivity index (χ0v) is 27.4. The third-order valence-electron chi connectivity index (χ3n) is 6.77. The molecule has 1 heterocycles. The minimum Gasteiger partial charge on any atom is -0.496 e. The van der Waals surface area contributed by atoms with E-state index in [1.807, 2.05) is 0 Å². The highest BCUT2D eigenvalue weighted by Gasteiger charge is 2.33. The van der Waals surface area contributed by atoms with Crippen LogP contribution in [0.2, 0.25) is 0 Å². The lowest BCUT2D eigenvalue weighted by molar-refractivity contribution is -0.137. The lowest BCUT2D eigenvalue weighted by Gasteiger charge is -2.26. The zero-order chi connectivity index (χ0) is 35.6. The molecule has 258 valence electrons. The van der Waals surface area contributed by atoms with Crippen LogP contribution in [0.4, 0.5) is 26.7 Å². The van der Waals surface area contributed by atoms with Gasteiger partial charge in [-0.05, 0) is 77.3 Å². The maximum Gasteiger partial charge on any atom is 0.416 e. The Bertz CT molecular complexity index is 1810. The number of oxazole rings is 1. The molecule has 2 amide bonds. The molecule has 0 aliphatic carbocycles. The maximum atomic E-state index is 14.4. The molecule has 9 nitrogen and oxygen atoms in total. The van der Waals surface area contributed by atoms with E-state index in [-0.39, 0.29) is 58.1 Å². The molecule has 4 aromatic rings. The second-order valence-electron chi connectivity index (χ2n) is 12.8. The van der Waals surface area contributed by atoms with Gasteiger partial charge < -0.3 is 29.3 Å². The van der Waals surface area contributed by atoms with Crippen molar-refractivity contribution in [2.45, 2.75) is 71.5 Å². The smallest absolute Gasteiger partial charge is 0.416 e. The summed E-state index contributed by atoms with van der Waals surface area (Å²) in [5.41, 5.74) is -2.65. The summed E-state index contributed by atoms with van der Waals surface area (Å²) in [6.07, 6.45) is -5.49. The number of methoxy groups -OCH3 is 1. The second-order valence-corrected chi connectivity index (χ2v) is 12.8. The SMILES string of the molecule is COc1ccc(-c2nc(C(=O)NCc3ccc(F)cc3F)c([C@H](COC(C)(C)C)NC(=O)OC(C)(C)C)o2)c2ccc(C(F)(F)F)cc12. The molecule has 0 aliphatic heterocycles. The highest BCUT2D eigenvalue weighted by atomic mass is 19.4. The fourth-order valence-corrected chi connectivity index (χ4v) is 4.60. The van der Waals surface area contributed by atoms with Crippen LogP contribution < -0.4 is 15.4 Å². The molecule has 0 radical (unpaired) electrons. The molecule has 3 aromatic carbocycles. The van der Waals surface area contributed by atoms with Gasteiger partial charge in [0, 0.05) is 29.1 Å². The monoisotopic (exact) mass is 677 g/mol. The van der Waals surface area contributed by atoms with E-state index in [1.165, 1.54) is 31.4 Å². The van der Waals surface area contributed by atoms with Gasteiger partial charge in [-0.1, -0.05) is 12.1 Å². The number of nitrogens with one attached hydrogen (secondary N) is 2. The fourth-order valence-electron chi connectivity index (χ4n) is 4.60. The molecule has 4 rings (SSSR count). The number of alkyl halides is 3. The van der Waals surface area contributed by atoms with E-state index in [4.69, 9.17) is 18.6 Å². The normalized spacial score (nSPS) is 12.9. The van der Waals surface area contributed by atoms with Gasteiger partial charge in [0.15, 0.2) is 11.5 Å². The Kier molecular flexibility index (Phi) is 10.4. The quantitative estimate of drug-likeness (QED) is 0.172. The number of rotatable bonds is 9. The van der Waals surface area contributed by atoms with Crippen LogP contribution in [0.1, 0.15) is 75.0 Å². The molecule has 0 bridgehead atoms. The minimum atomic E-state index is -4.63. The van der Waals surface area contributed by atoms with Gasteiger partial charge >= 0.3 is 12.3 Å². The van der Waals surface area contributed by atoms with Gasteiger partial charge in [-0.15, -0.1) is 0 Å². The van der Waals surface area contributed by atoms with Crippen LogP contribution in [0.5, 0.6) is 5.75 Å². The molecule has 48 heavy (non-hydrogen) atoms. The van der Waals surface area contributed by atoms with Crippen molar-refractivity contribution in [2.24, 2.45) is 0 Å². The van der Waals surface area contributed by atoms with Gasteiger partial charge in [-0.2, -0.15) is 13.2 Å². The number of carbonyl (C=O) groups excluding carboxylic acids is 2. The van der Waals surface area contributed by atoms with Crippen molar-refractivity contribution in [3.8, 4) is 17.2 Å². The van der Waals surface area contributed by atoms with E-state index in [1.54, 1.807) is 41.5 Å². The molecule has 2 N–H and O–H groups in total. The summed E-state index contributed by atoms with van der Waals surface area (Å²) in [6, 6.07) is 7.70. The van der Waals surface area contributed by atoms with E-state index in [0.717, 1.165) is 18.2 Å². The zero-order valence-electron chi connectivity index (χ0n) is 27.4. The standard InChI is InChI=1S/C34H36F5N3O6/c1-32(2,3)46-17-25(41-31(44)48-33(4,5)6)28-27(29(43)40-16-18-8-10-20(35)15-24(18)36)42-30(47-28)22-12-13-26(45-7)23-14-19(34(37,38)39)9-11-21(22)23/h8-15,25H,16-17H2,1-7H3,(H,40,43)(H,41,44)/t25-/m0/s1. The van der Waals surface area contributed by atoms with Crippen LogP contribution in [0.25, 0.3) is 22.2 Å². The summed E-state index contributed by atoms with van der Waals surface area (Å²) >= 11 is 0. The number of alkyl carbamates (subject to hydrolysis) is 1. The predicted octanol–water partition coefficient (Wildman–Crippen LogP) is 8.11. The number of carbonyl (C=O) groups is 2. The Hall–Kier alpha value is -4.72. The molecule has 1 atom stereocenters. The Morgan fingerprint density at radius 3 is 2.23 bits per heavy atom. The van der Waals surface area contributed by atoms with Gasteiger partial charge in [-0.3, -0.25) is 4.79 Å². The van der Waals surface area contributed by atoms with Crippen LogP contribution in [0.3, 0.4) is 0 Å². The number of amides is 2.